The molecule has 1 spiro atoms. The van der Waals surface area contributed by atoms with Gasteiger partial charge in [-0.05, 0) is 68.9 Å². The highest BCUT2D eigenvalue weighted by atomic mass is 16.5. The summed E-state index contributed by atoms with van der Waals surface area (Å²) in [6, 6.07) is 13.8. The number of methoxy groups -OCH3 is 1. The third-order valence-corrected chi connectivity index (χ3v) is 8.51. The molecule has 1 amide bonds. The number of nitrogens with zero attached hydrogens (tertiary/aromatic N) is 4. The summed E-state index contributed by atoms with van der Waals surface area (Å²) in [5.74, 6) is 2.14. The maximum absolute atomic E-state index is 13.0. The molecular formula is C28H34N4O4. The largest absolute Gasteiger partial charge is 0.497 e. The van der Waals surface area contributed by atoms with Crippen LogP contribution in [0.25, 0.3) is 11.0 Å². The Morgan fingerprint density at radius 2 is 1.97 bits per heavy atom. The van der Waals surface area contributed by atoms with Crippen LogP contribution in [0.15, 0.2) is 42.5 Å². The topological polar surface area (TPSA) is 78.7 Å². The molecule has 2 aromatic carbocycles. The van der Waals surface area contributed by atoms with Crippen LogP contribution in [0.4, 0.5) is 0 Å². The summed E-state index contributed by atoms with van der Waals surface area (Å²) in [5, 5.41) is 8.41. The Bertz CT molecular complexity index is 1280. The van der Waals surface area contributed by atoms with E-state index in [-0.39, 0.29) is 28.9 Å². The van der Waals surface area contributed by atoms with Crippen LogP contribution in [0.5, 0.6) is 11.5 Å². The number of aromatic nitrogens is 3. The normalized spacial score (nSPS) is 24.1. The molecule has 8 nitrogen and oxygen atoms in total. The minimum Gasteiger partial charge on any atom is -0.497 e. The van der Waals surface area contributed by atoms with Crippen molar-refractivity contribution in [1.82, 2.24) is 19.9 Å². The van der Waals surface area contributed by atoms with E-state index in [1.807, 2.05) is 46.0 Å². The molecule has 2 fully saturated rings. The van der Waals surface area contributed by atoms with E-state index in [2.05, 4.69) is 30.2 Å². The first-order valence-electron chi connectivity index (χ1n) is 12.9. The Balaban J connectivity index is 1.10. The zero-order valence-corrected chi connectivity index (χ0v) is 21.3. The van der Waals surface area contributed by atoms with Crippen molar-refractivity contribution in [2.75, 3.05) is 26.8 Å². The first-order chi connectivity index (χ1) is 17.4. The summed E-state index contributed by atoms with van der Waals surface area (Å²) < 4.78 is 20.4. The van der Waals surface area contributed by atoms with Gasteiger partial charge in [-0.15, -0.1) is 5.10 Å². The van der Waals surface area contributed by atoms with E-state index in [4.69, 9.17) is 14.2 Å². The molecule has 0 aliphatic carbocycles. The van der Waals surface area contributed by atoms with Gasteiger partial charge in [0.15, 0.2) is 0 Å². The first kappa shape index (κ1) is 23.3. The number of benzene rings is 2. The van der Waals surface area contributed by atoms with Gasteiger partial charge in [-0.25, -0.2) is 4.68 Å². The number of para-hydroxylation sites is 1. The molecule has 0 unspecified atom stereocenters. The Morgan fingerprint density at radius 1 is 1.17 bits per heavy atom. The smallest absolute Gasteiger partial charge is 0.224 e. The quantitative estimate of drug-likeness (QED) is 0.540. The van der Waals surface area contributed by atoms with E-state index in [9.17, 15) is 4.79 Å². The molecule has 1 aromatic heterocycles. The van der Waals surface area contributed by atoms with Crippen molar-refractivity contribution in [3.05, 3.63) is 48.0 Å². The second kappa shape index (κ2) is 8.76. The molecule has 0 saturated carbocycles. The van der Waals surface area contributed by atoms with Crippen LogP contribution < -0.4 is 9.47 Å². The van der Waals surface area contributed by atoms with Crippen molar-refractivity contribution in [2.45, 2.75) is 57.8 Å². The van der Waals surface area contributed by atoms with Crippen LogP contribution in [0, 0.1) is 11.3 Å². The SMILES string of the molecule is COc1ccc2c(c1)[C@H]1OCC3(CCN(C(=O)CCn4nnc5ccccc54)CC3)C[C@@H]1C(C)(C)O2. The zero-order valence-electron chi connectivity index (χ0n) is 21.3. The van der Waals surface area contributed by atoms with Crippen molar-refractivity contribution in [2.24, 2.45) is 11.3 Å². The maximum Gasteiger partial charge on any atom is 0.224 e. The first-order valence-corrected chi connectivity index (χ1v) is 12.9. The molecule has 0 N–H and O–H groups in total. The second-order valence-electron chi connectivity index (χ2n) is 11.1. The number of likely N-dealkylation sites (tertiary alicyclic amines) is 1. The molecule has 2 atom stereocenters. The fraction of sp³-hybridized carbons (Fsp3) is 0.536. The summed E-state index contributed by atoms with van der Waals surface area (Å²) in [6.07, 6.45) is 3.38. The van der Waals surface area contributed by atoms with Crippen molar-refractivity contribution < 1.29 is 19.0 Å². The number of carbonyl (C=O) groups excluding carboxylic acids is 1. The minimum atomic E-state index is -0.326. The molecule has 3 aromatic rings. The van der Waals surface area contributed by atoms with E-state index in [0.717, 1.165) is 60.4 Å². The van der Waals surface area contributed by atoms with Crippen LogP contribution in [-0.4, -0.2) is 58.2 Å². The van der Waals surface area contributed by atoms with Gasteiger partial charge in [0.2, 0.25) is 5.91 Å². The Morgan fingerprint density at radius 3 is 2.78 bits per heavy atom. The monoisotopic (exact) mass is 490 g/mol. The van der Waals surface area contributed by atoms with Gasteiger partial charge < -0.3 is 19.1 Å². The van der Waals surface area contributed by atoms with Crippen molar-refractivity contribution in [3.63, 3.8) is 0 Å². The van der Waals surface area contributed by atoms with Gasteiger partial charge in [0.25, 0.3) is 0 Å². The average Bonchev–Trinajstić information content (AvgIpc) is 3.31. The molecule has 8 heteroatoms. The summed E-state index contributed by atoms with van der Waals surface area (Å²) >= 11 is 0. The van der Waals surface area contributed by atoms with Gasteiger partial charge >= 0.3 is 0 Å². The standard InChI is InChI=1S/C28H34N4O4/c1-27(2)21-17-28(18-35-26(21)20-16-19(34-3)8-9-24(20)36-27)11-14-31(15-12-28)25(33)10-13-32-23-7-5-4-6-22(23)29-30-32/h4-9,16,21,26H,10-15,17-18H2,1-3H3/t21-,26+/m0/s1. The highest BCUT2D eigenvalue weighted by Gasteiger charge is 2.53. The Labute approximate surface area is 211 Å². The van der Waals surface area contributed by atoms with Crippen LogP contribution >= 0.6 is 0 Å². The number of piperidine rings is 1. The lowest BCUT2D eigenvalue weighted by Gasteiger charge is -2.54. The summed E-state index contributed by atoms with van der Waals surface area (Å²) in [4.78, 5) is 15.0. The average molecular weight is 491 g/mol. The van der Waals surface area contributed by atoms with Gasteiger partial charge in [-0.2, -0.15) is 0 Å². The molecule has 36 heavy (non-hydrogen) atoms. The van der Waals surface area contributed by atoms with E-state index < -0.39 is 0 Å². The van der Waals surface area contributed by atoms with Crippen LogP contribution in [0.1, 0.15) is 51.2 Å². The van der Waals surface area contributed by atoms with Gasteiger partial charge in [0.1, 0.15) is 22.6 Å². The van der Waals surface area contributed by atoms with Gasteiger partial charge in [0, 0.05) is 31.0 Å². The number of fused-ring (bicyclic) bond motifs is 4. The van der Waals surface area contributed by atoms with Crippen molar-refractivity contribution in [1.29, 1.82) is 0 Å². The number of hydrogen-bond donors (Lipinski definition) is 0. The summed E-state index contributed by atoms with van der Waals surface area (Å²) in [7, 11) is 1.69. The lowest BCUT2D eigenvalue weighted by atomic mass is 9.64. The third kappa shape index (κ3) is 4.01. The summed E-state index contributed by atoms with van der Waals surface area (Å²) in [5.41, 5.74) is 2.66. The van der Waals surface area contributed by atoms with Crippen molar-refractivity contribution in [3.8, 4) is 11.5 Å². The van der Waals surface area contributed by atoms with Gasteiger partial charge in [-0.1, -0.05) is 17.3 Å². The maximum atomic E-state index is 13.0. The number of rotatable bonds is 4. The predicted molar refractivity (Wildman–Crippen MR) is 135 cm³/mol. The molecular weight excluding hydrogens is 456 g/mol. The van der Waals surface area contributed by atoms with E-state index in [0.29, 0.717) is 19.6 Å². The lowest BCUT2D eigenvalue weighted by Crippen LogP contribution is -2.54. The minimum absolute atomic E-state index is 0.00152. The fourth-order valence-electron chi connectivity index (χ4n) is 6.28. The summed E-state index contributed by atoms with van der Waals surface area (Å²) in [6.45, 7) is 7.14. The molecule has 0 radical (unpaired) electrons. The number of carbonyl (C=O) groups is 1. The predicted octanol–water partition coefficient (Wildman–Crippen LogP) is 4.39. The van der Waals surface area contributed by atoms with E-state index in [1.54, 1.807) is 7.11 Å². The molecule has 4 heterocycles. The third-order valence-electron chi connectivity index (χ3n) is 8.51. The van der Waals surface area contributed by atoms with Crippen LogP contribution in [-0.2, 0) is 16.1 Å². The molecule has 0 bridgehead atoms. The highest BCUT2D eigenvalue weighted by molar-refractivity contribution is 5.77. The lowest BCUT2D eigenvalue weighted by molar-refractivity contribution is -0.176. The van der Waals surface area contributed by atoms with Crippen LogP contribution in [0.3, 0.4) is 0 Å². The second-order valence-corrected chi connectivity index (χ2v) is 11.1. The number of hydrogen-bond acceptors (Lipinski definition) is 6. The highest BCUT2D eigenvalue weighted by Crippen LogP contribution is 2.55. The molecule has 2 saturated heterocycles. The number of aryl methyl sites for hydroxylation is 1. The van der Waals surface area contributed by atoms with Gasteiger partial charge in [0.05, 0.1) is 31.9 Å². The van der Waals surface area contributed by atoms with Gasteiger partial charge in [-0.3, -0.25) is 4.79 Å². The van der Waals surface area contributed by atoms with E-state index >= 15 is 0 Å². The van der Waals surface area contributed by atoms with Crippen molar-refractivity contribution >= 4 is 16.9 Å². The number of ether oxygens (including phenoxy) is 3. The number of amides is 1. The van der Waals surface area contributed by atoms with Crippen LogP contribution in [0.2, 0.25) is 0 Å². The molecule has 190 valence electrons. The zero-order chi connectivity index (χ0) is 24.9. The Hall–Kier alpha value is -3.13. The Kier molecular flexibility index (Phi) is 5.67. The molecule has 6 rings (SSSR count). The van der Waals surface area contributed by atoms with E-state index in [1.165, 1.54) is 0 Å². The molecule has 3 aliphatic rings. The fourth-order valence-corrected chi connectivity index (χ4v) is 6.28. The molecule has 3 aliphatic heterocycles.